The number of benzene rings is 2. The van der Waals surface area contributed by atoms with E-state index < -0.39 is 12.4 Å². The third kappa shape index (κ3) is 3.86. The summed E-state index contributed by atoms with van der Waals surface area (Å²) in [5, 5.41) is 10.3. The van der Waals surface area contributed by atoms with E-state index in [1.165, 1.54) is 0 Å². The van der Waals surface area contributed by atoms with Crippen LogP contribution in [-0.4, -0.2) is 29.4 Å². The van der Waals surface area contributed by atoms with Gasteiger partial charge in [0.15, 0.2) is 6.29 Å². The van der Waals surface area contributed by atoms with Gasteiger partial charge in [0, 0.05) is 4.90 Å². The van der Waals surface area contributed by atoms with Gasteiger partial charge < -0.3 is 14.6 Å². The molecule has 0 saturated carbocycles. The van der Waals surface area contributed by atoms with Gasteiger partial charge in [0.1, 0.15) is 6.10 Å². The number of thioether (sulfide) groups is 1. The molecule has 0 radical (unpaired) electrons. The smallest absolute Gasteiger partial charge is 0.185 e. The number of rotatable bonds is 5. The Morgan fingerprint density at radius 1 is 1.05 bits per heavy atom. The Balaban J connectivity index is 1.53. The van der Waals surface area contributed by atoms with Crippen LogP contribution in [-0.2, 0) is 16.1 Å². The molecule has 3 nitrogen and oxygen atoms in total. The van der Waals surface area contributed by atoms with Crippen LogP contribution in [0.1, 0.15) is 5.56 Å². The molecule has 0 spiro atoms. The summed E-state index contributed by atoms with van der Waals surface area (Å²) >= 11 is 1.63. The molecule has 3 atom stereocenters. The van der Waals surface area contributed by atoms with Crippen LogP contribution in [0.3, 0.4) is 0 Å². The van der Waals surface area contributed by atoms with Crippen molar-refractivity contribution in [3.8, 4) is 0 Å². The van der Waals surface area contributed by atoms with Crippen LogP contribution in [0.25, 0.3) is 0 Å². The fraction of sp³-hybridized carbons (Fsp3) is 0.294. The molecule has 1 aliphatic rings. The summed E-state index contributed by atoms with van der Waals surface area (Å²) < 4.78 is 11.3. The van der Waals surface area contributed by atoms with E-state index in [2.05, 4.69) is 0 Å². The van der Waals surface area contributed by atoms with Crippen LogP contribution in [0.4, 0.5) is 0 Å². The van der Waals surface area contributed by atoms with Gasteiger partial charge in [0.25, 0.3) is 0 Å². The Morgan fingerprint density at radius 2 is 1.71 bits per heavy atom. The molecule has 2 aromatic carbocycles. The second-order valence-corrected chi connectivity index (χ2v) is 6.27. The molecular formula is C17H18O3S. The topological polar surface area (TPSA) is 38.7 Å². The van der Waals surface area contributed by atoms with Gasteiger partial charge in [-0.1, -0.05) is 48.5 Å². The zero-order valence-corrected chi connectivity index (χ0v) is 12.4. The maximum absolute atomic E-state index is 10.3. The molecule has 3 rings (SSSR count). The molecule has 2 aromatic rings. The summed E-state index contributed by atoms with van der Waals surface area (Å²) in [6.45, 7) is 0.950. The molecule has 21 heavy (non-hydrogen) atoms. The van der Waals surface area contributed by atoms with Crippen LogP contribution in [0.2, 0.25) is 0 Å². The SMILES string of the molecule is O[C@@H]1[C@H](OCc2ccccc2)OC[C@H]1Sc1ccccc1. The van der Waals surface area contributed by atoms with Crippen molar-refractivity contribution in [3.05, 3.63) is 66.2 Å². The molecule has 4 heteroatoms. The minimum atomic E-state index is -0.612. The summed E-state index contributed by atoms with van der Waals surface area (Å²) in [7, 11) is 0. The van der Waals surface area contributed by atoms with Gasteiger partial charge >= 0.3 is 0 Å². The molecule has 1 N–H and O–H groups in total. The lowest BCUT2D eigenvalue weighted by atomic mass is 10.2. The predicted molar refractivity (Wildman–Crippen MR) is 83.1 cm³/mol. The first-order valence-corrected chi connectivity index (χ1v) is 7.88. The van der Waals surface area contributed by atoms with Crippen LogP contribution in [0.5, 0.6) is 0 Å². The average molecular weight is 302 g/mol. The summed E-state index contributed by atoms with van der Waals surface area (Å²) in [5.74, 6) is 0. The Labute approximate surface area is 128 Å². The maximum Gasteiger partial charge on any atom is 0.185 e. The van der Waals surface area contributed by atoms with E-state index in [4.69, 9.17) is 9.47 Å². The minimum absolute atomic E-state index is 0.00757. The van der Waals surface area contributed by atoms with Crippen molar-refractivity contribution in [3.63, 3.8) is 0 Å². The van der Waals surface area contributed by atoms with E-state index in [1.807, 2.05) is 60.7 Å². The first-order chi connectivity index (χ1) is 10.3. The first kappa shape index (κ1) is 14.6. The molecular weight excluding hydrogens is 284 g/mol. The van der Waals surface area contributed by atoms with Gasteiger partial charge in [-0.3, -0.25) is 0 Å². The number of aliphatic hydroxyl groups excluding tert-OH is 1. The second-order valence-electron chi connectivity index (χ2n) is 4.96. The van der Waals surface area contributed by atoms with Crippen molar-refractivity contribution >= 4 is 11.8 Å². The largest absolute Gasteiger partial charge is 0.387 e. The summed E-state index contributed by atoms with van der Waals surface area (Å²) in [4.78, 5) is 1.13. The van der Waals surface area contributed by atoms with Crippen molar-refractivity contribution in [2.24, 2.45) is 0 Å². The predicted octanol–water partition coefficient (Wildman–Crippen LogP) is 3.08. The highest BCUT2D eigenvalue weighted by molar-refractivity contribution is 8.00. The van der Waals surface area contributed by atoms with E-state index in [9.17, 15) is 5.11 Å². The fourth-order valence-corrected chi connectivity index (χ4v) is 3.32. The molecule has 0 aromatic heterocycles. The molecule has 1 aliphatic heterocycles. The van der Waals surface area contributed by atoms with Crippen LogP contribution >= 0.6 is 11.8 Å². The highest BCUT2D eigenvalue weighted by Gasteiger charge is 2.37. The van der Waals surface area contributed by atoms with Crippen LogP contribution in [0.15, 0.2) is 65.6 Å². The monoisotopic (exact) mass is 302 g/mol. The number of hydrogen-bond donors (Lipinski definition) is 1. The highest BCUT2D eigenvalue weighted by atomic mass is 32.2. The molecule has 1 saturated heterocycles. The third-order valence-electron chi connectivity index (χ3n) is 3.37. The molecule has 1 heterocycles. The van der Waals surface area contributed by atoms with Gasteiger partial charge in [-0.05, 0) is 17.7 Å². The van der Waals surface area contributed by atoms with Gasteiger partial charge in [-0.15, -0.1) is 11.8 Å². The molecule has 110 valence electrons. The minimum Gasteiger partial charge on any atom is -0.387 e. The number of aliphatic hydroxyl groups is 1. The van der Waals surface area contributed by atoms with Crippen molar-refractivity contribution in [1.29, 1.82) is 0 Å². The van der Waals surface area contributed by atoms with E-state index in [1.54, 1.807) is 11.8 Å². The number of ether oxygens (including phenoxy) is 2. The lowest BCUT2D eigenvalue weighted by Gasteiger charge is -2.17. The quantitative estimate of drug-likeness (QED) is 0.921. The van der Waals surface area contributed by atoms with Gasteiger partial charge in [-0.2, -0.15) is 0 Å². The molecule has 1 fully saturated rings. The van der Waals surface area contributed by atoms with Gasteiger partial charge in [0.05, 0.1) is 18.5 Å². The zero-order valence-electron chi connectivity index (χ0n) is 11.6. The summed E-state index contributed by atoms with van der Waals surface area (Å²) in [6.07, 6.45) is -1.16. The summed E-state index contributed by atoms with van der Waals surface area (Å²) in [5.41, 5.74) is 1.08. The molecule has 0 aliphatic carbocycles. The highest BCUT2D eigenvalue weighted by Crippen LogP contribution is 2.32. The Morgan fingerprint density at radius 3 is 2.43 bits per heavy atom. The molecule has 0 amide bonds. The Hall–Kier alpha value is -1.33. The molecule has 0 unspecified atom stereocenters. The standard InChI is InChI=1S/C17H18O3S/c18-16-15(21-14-9-5-2-6-10-14)12-20-17(16)19-11-13-7-3-1-4-8-13/h1-10,15-18H,11-12H2/t15-,16+,17-/m1/s1. The average Bonchev–Trinajstić information content (AvgIpc) is 2.88. The molecule has 0 bridgehead atoms. The van der Waals surface area contributed by atoms with Crippen LogP contribution in [0, 0.1) is 0 Å². The first-order valence-electron chi connectivity index (χ1n) is 7.00. The second kappa shape index (κ2) is 7.09. The Bertz CT molecular complexity index is 546. The van der Waals surface area contributed by atoms with Gasteiger partial charge in [-0.25, -0.2) is 0 Å². The van der Waals surface area contributed by atoms with E-state index in [-0.39, 0.29) is 5.25 Å². The summed E-state index contributed by atoms with van der Waals surface area (Å²) in [6, 6.07) is 20.0. The third-order valence-corrected chi connectivity index (χ3v) is 4.63. The van der Waals surface area contributed by atoms with E-state index >= 15 is 0 Å². The Kier molecular flexibility index (Phi) is 4.93. The van der Waals surface area contributed by atoms with Crippen molar-refractivity contribution < 1.29 is 14.6 Å². The normalized spacial score (nSPS) is 25.1. The lowest BCUT2D eigenvalue weighted by molar-refractivity contribution is -0.156. The zero-order chi connectivity index (χ0) is 14.5. The number of hydrogen-bond acceptors (Lipinski definition) is 4. The van der Waals surface area contributed by atoms with Crippen molar-refractivity contribution in [1.82, 2.24) is 0 Å². The van der Waals surface area contributed by atoms with Crippen molar-refractivity contribution in [2.45, 2.75) is 29.1 Å². The van der Waals surface area contributed by atoms with E-state index in [0.29, 0.717) is 13.2 Å². The van der Waals surface area contributed by atoms with Gasteiger partial charge in [0.2, 0.25) is 0 Å². The van der Waals surface area contributed by atoms with Crippen molar-refractivity contribution in [2.75, 3.05) is 6.61 Å². The van der Waals surface area contributed by atoms with Crippen LogP contribution < -0.4 is 0 Å². The van der Waals surface area contributed by atoms with E-state index in [0.717, 1.165) is 10.5 Å². The lowest BCUT2D eigenvalue weighted by Crippen LogP contribution is -2.30. The fourth-order valence-electron chi connectivity index (χ4n) is 2.24. The maximum atomic E-state index is 10.3.